The van der Waals surface area contributed by atoms with Crippen LogP contribution >= 0.6 is 0 Å². The maximum Gasteiger partial charge on any atom is 0.416 e. The molecule has 0 aliphatic carbocycles. The summed E-state index contributed by atoms with van der Waals surface area (Å²) in [4.78, 5) is 37.9. The number of carbonyl (C=O) groups excluding carboxylic acids is 2. The second-order valence-corrected chi connectivity index (χ2v) is 7.71. The standard InChI is InChI=1S/C24H23F3N2O5/c1-15-20(22(32)34-14-16-6-3-2-4-7-16)21(17-9-11-18(12-10-17)24(25,26)27)28-23(33)29(15)13-5-8-19(30)31/h2-4,6-7,9-12,21H,5,8,13-14H2,1H3,(H,28,33)(H,30,31). The third-order valence-electron chi connectivity index (χ3n) is 5.37. The number of rotatable bonds is 8. The van der Waals surface area contributed by atoms with Gasteiger partial charge in [-0.1, -0.05) is 42.5 Å². The largest absolute Gasteiger partial charge is 0.481 e. The van der Waals surface area contributed by atoms with Crippen molar-refractivity contribution in [3.05, 3.63) is 82.6 Å². The highest BCUT2D eigenvalue weighted by Crippen LogP contribution is 2.34. The molecule has 1 aliphatic heterocycles. The van der Waals surface area contributed by atoms with Gasteiger partial charge in [0.15, 0.2) is 0 Å². The summed E-state index contributed by atoms with van der Waals surface area (Å²) in [6.07, 6.45) is -4.55. The molecule has 0 fully saturated rings. The number of aliphatic carboxylic acids is 1. The van der Waals surface area contributed by atoms with Crippen molar-refractivity contribution in [2.75, 3.05) is 6.54 Å². The molecule has 2 N–H and O–H groups in total. The first-order chi connectivity index (χ1) is 16.1. The van der Waals surface area contributed by atoms with E-state index in [9.17, 15) is 27.6 Å². The number of carboxylic acids is 1. The van der Waals surface area contributed by atoms with E-state index in [0.29, 0.717) is 0 Å². The summed E-state index contributed by atoms with van der Waals surface area (Å²) in [6.45, 7) is 1.53. The SMILES string of the molecule is CC1=C(C(=O)OCc2ccccc2)C(c2ccc(C(F)(F)F)cc2)NC(=O)N1CCCC(=O)O. The van der Waals surface area contributed by atoms with Crippen LogP contribution in [0.3, 0.4) is 0 Å². The molecule has 1 heterocycles. The molecule has 7 nitrogen and oxygen atoms in total. The van der Waals surface area contributed by atoms with E-state index in [1.165, 1.54) is 24.0 Å². The van der Waals surface area contributed by atoms with E-state index < -0.39 is 35.8 Å². The second-order valence-electron chi connectivity index (χ2n) is 7.71. The lowest BCUT2D eigenvalue weighted by molar-refractivity contribution is -0.141. The highest BCUT2D eigenvalue weighted by Gasteiger charge is 2.37. The first kappa shape index (κ1) is 24.8. The van der Waals surface area contributed by atoms with Crippen molar-refractivity contribution < 1.29 is 37.4 Å². The normalized spacial score (nSPS) is 16.3. The van der Waals surface area contributed by atoms with Gasteiger partial charge in [0.25, 0.3) is 0 Å². The van der Waals surface area contributed by atoms with Gasteiger partial charge in [0, 0.05) is 18.7 Å². The van der Waals surface area contributed by atoms with Crippen LogP contribution in [0.2, 0.25) is 0 Å². The predicted octanol–water partition coefficient (Wildman–Crippen LogP) is 4.65. The minimum atomic E-state index is -4.53. The van der Waals surface area contributed by atoms with E-state index in [2.05, 4.69) is 5.32 Å². The third kappa shape index (κ3) is 5.94. The molecule has 34 heavy (non-hydrogen) atoms. The number of alkyl halides is 3. The molecule has 0 spiro atoms. The number of allylic oxidation sites excluding steroid dienone is 1. The zero-order valence-corrected chi connectivity index (χ0v) is 18.3. The van der Waals surface area contributed by atoms with Crippen LogP contribution in [-0.4, -0.2) is 34.5 Å². The summed E-state index contributed by atoms with van der Waals surface area (Å²) >= 11 is 0. The van der Waals surface area contributed by atoms with E-state index in [1.54, 1.807) is 24.3 Å². The minimum absolute atomic E-state index is 0.0385. The Morgan fingerprint density at radius 1 is 1.09 bits per heavy atom. The van der Waals surface area contributed by atoms with E-state index in [4.69, 9.17) is 9.84 Å². The zero-order chi connectivity index (χ0) is 24.9. The highest BCUT2D eigenvalue weighted by molar-refractivity contribution is 5.95. The number of halogens is 3. The van der Waals surface area contributed by atoms with Gasteiger partial charge in [0.1, 0.15) is 6.61 Å². The topological polar surface area (TPSA) is 95.9 Å². The van der Waals surface area contributed by atoms with E-state index >= 15 is 0 Å². The number of carbonyl (C=O) groups is 3. The fraction of sp³-hybridized carbons (Fsp3) is 0.292. The Hall–Kier alpha value is -3.82. The van der Waals surface area contributed by atoms with E-state index in [-0.39, 0.29) is 42.8 Å². The van der Waals surface area contributed by atoms with Crippen LogP contribution in [0, 0.1) is 0 Å². The molecule has 180 valence electrons. The van der Waals surface area contributed by atoms with Gasteiger partial charge in [-0.25, -0.2) is 9.59 Å². The molecule has 0 radical (unpaired) electrons. The van der Waals surface area contributed by atoms with Crippen LogP contribution in [0.15, 0.2) is 65.9 Å². The Balaban J connectivity index is 1.92. The smallest absolute Gasteiger partial charge is 0.416 e. The molecule has 0 bridgehead atoms. The average Bonchev–Trinajstić information content (AvgIpc) is 2.79. The van der Waals surface area contributed by atoms with Gasteiger partial charge < -0.3 is 15.2 Å². The van der Waals surface area contributed by atoms with Crippen LogP contribution in [0.5, 0.6) is 0 Å². The lowest BCUT2D eigenvalue weighted by Crippen LogP contribution is -2.48. The van der Waals surface area contributed by atoms with Crippen molar-refractivity contribution in [3.63, 3.8) is 0 Å². The van der Waals surface area contributed by atoms with Gasteiger partial charge >= 0.3 is 24.1 Å². The summed E-state index contributed by atoms with van der Waals surface area (Å²) in [5.74, 6) is -1.77. The highest BCUT2D eigenvalue weighted by atomic mass is 19.4. The van der Waals surface area contributed by atoms with Crippen molar-refractivity contribution in [1.82, 2.24) is 10.2 Å². The number of nitrogens with one attached hydrogen (secondary N) is 1. The number of carboxylic acid groups (broad SMARTS) is 1. The molecule has 1 atom stereocenters. The van der Waals surface area contributed by atoms with Crippen molar-refractivity contribution >= 4 is 18.0 Å². The Bertz CT molecular complexity index is 1080. The van der Waals surface area contributed by atoms with Gasteiger partial charge in [-0.05, 0) is 36.6 Å². The van der Waals surface area contributed by atoms with Crippen molar-refractivity contribution in [2.24, 2.45) is 0 Å². The summed E-state index contributed by atoms with van der Waals surface area (Å²) in [6, 6.07) is 11.4. The molecule has 3 rings (SSSR count). The van der Waals surface area contributed by atoms with Crippen molar-refractivity contribution in [1.29, 1.82) is 0 Å². The molecule has 0 saturated heterocycles. The quantitative estimate of drug-likeness (QED) is 0.541. The Labute approximate surface area is 193 Å². The van der Waals surface area contributed by atoms with E-state index in [0.717, 1.165) is 17.7 Å². The second kappa shape index (κ2) is 10.4. The van der Waals surface area contributed by atoms with Crippen LogP contribution in [0.25, 0.3) is 0 Å². The Kier molecular flexibility index (Phi) is 7.60. The van der Waals surface area contributed by atoms with Crippen LogP contribution < -0.4 is 5.32 Å². The molecule has 0 saturated carbocycles. The van der Waals surface area contributed by atoms with Crippen LogP contribution in [0.4, 0.5) is 18.0 Å². The van der Waals surface area contributed by atoms with Gasteiger partial charge in [0.2, 0.25) is 0 Å². The third-order valence-corrected chi connectivity index (χ3v) is 5.37. The Morgan fingerprint density at radius 2 is 1.74 bits per heavy atom. The fourth-order valence-corrected chi connectivity index (χ4v) is 3.62. The molecule has 2 aromatic carbocycles. The number of hydrogen-bond acceptors (Lipinski definition) is 4. The minimum Gasteiger partial charge on any atom is -0.481 e. The number of nitrogens with zero attached hydrogens (tertiary/aromatic N) is 1. The summed E-state index contributed by atoms with van der Waals surface area (Å²) < 4.78 is 44.4. The summed E-state index contributed by atoms with van der Waals surface area (Å²) in [5, 5.41) is 11.5. The number of urea groups is 1. The number of ether oxygens (including phenoxy) is 1. The number of hydrogen-bond donors (Lipinski definition) is 2. The molecule has 2 aromatic rings. The maximum absolute atomic E-state index is 13.1. The molecular weight excluding hydrogens is 453 g/mol. The molecule has 1 unspecified atom stereocenters. The number of benzene rings is 2. The van der Waals surface area contributed by atoms with Crippen molar-refractivity contribution in [3.8, 4) is 0 Å². The van der Waals surface area contributed by atoms with E-state index in [1.807, 2.05) is 6.07 Å². The number of esters is 1. The van der Waals surface area contributed by atoms with Crippen LogP contribution in [-0.2, 0) is 27.1 Å². The maximum atomic E-state index is 13.1. The lowest BCUT2D eigenvalue weighted by Gasteiger charge is -2.35. The number of amides is 2. The summed E-state index contributed by atoms with van der Waals surface area (Å²) in [5.41, 5.74) is 0.459. The van der Waals surface area contributed by atoms with Crippen LogP contribution in [0.1, 0.15) is 42.5 Å². The predicted molar refractivity (Wildman–Crippen MR) is 115 cm³/mol. The van der Waals surface area contributed by atoms with Crippen molar-refractivity contribution in [2.45, 2.75) is 38.6 Å². The fourth-order valence-electron chi connectivity index (χ4n) is 3.62. The monoisotopic (exact) mass is 476 g/mol. The average molecular weight is 476 g/mol. The van der Waals surface area contributed by atoms with Gasteiger partial charge in [-0.15, -0.1) is 0 Å². The molecular formula is C24H23F3N2O5. The molecule has 1 aliphatic rings. The molecule has 2 amide bonds. The van der Waals surface area contributed by atoms with Gasteiger partial charge in [0.05, 0.1) is 17.2 Å². The lowest BCUT2D eigenvalue weighted by atomic mass is 9.94. The zero-order valence-electron chi connectivity index (χ0n) is 18.3. The summed E-state index contributed by atoms with van der Waals surface area (Å²) in [7, 11) is 0. The van der Waals surface area contributed by atoms with Gasteiger partial charge in [-0.3, -0.25) is 9.69 Å². The molecule has 0 aromatic heterocycles. The Morgan fingerprint density at radius 3 is 2.32 bits per heavy atom. The first-order valence-electron chi connectivity index (χ1n) is 10.5. The first-order valence-corrected chi connectivity index (χ1v) is 10.5. The molecule has 10 heteroatoms. The van der Waals surface area contributed by atoms with Gasteiger partial charge in [-0.2, -0.15) is 13.2 Å².